The molecule has 0 aliphatic carbocycles. The molecule has 0 bridgehead atoms. The predicted molar refractivity (Wildman–Crippen MR) is 108 cm³/mol. The van der Waals surface area contributed by atoms with Gasteiger partial charge in [0, 0.05) is 25.1 Å². The Morgan fingerprint density at radius 1 is 1.11 bits per heavy atom. The van der Waals surface area contributed by atoms with Crippen LogP contribution in [0.4, 0.5) is 0 Å². The highest BCUT2D eigenvalue weighted by atomic mass is 16.5. The average molecular weight is 375 g/mol. The molecule has 5 heteroatoms. The molecule has 5 nitrogen and oxygen atoms in total. The molecule has 1 fully saturated rings. The molecular weight excluding hydrogens is 350 g/mol. The Labute approximate surface area is 165 Å². The van der Waals surface area contributed by atoms with E-state index < -0.39 is 0 Å². The van der Waals surface area contributed by atoms with Gasteiger partial charge in [-0.15, -0.1) is 0 Å². The van der Waals surface area contributed by atoms with Crippen molar-refractivity contribution >= 4 is 5.91 Å². The summed E-state index contributed by atoms with van der Waals surface area (Å²) in [7, 11) is 0. The largest absolute Gasteiger partial charge is 0.342 e. The normalized spacial score (nSPS) is 16.8. The first-order valence-electron chi connectivity index (χ1n) is 9.74. The molecule has 1 amide bonds. The minimum Gasteiger partial charge on any atom is -0.342 e. The van der Waals surface area contributed by atoms with Crippen molar-refractivity contribution in [2.24, 2.45) is 0 Å². The third-order valence-electron chi connectivity index (χ3n) is 5.38. The van der Waals surface area contributed by atoms with Gasteiger partial charge >= 0.3 is 0 Å². The van der Waals surface area contributed by atoms with Crippen molar-refractivity contribution in [3.8, 4) is 11.4 Å². The number of hydrogen-bond acceptors (Lipinski definition) is 4. The van der Waals surface area contributed by atoms with Gasteiger partial charge in [-0.1, -0.05) is 58.7 Å². The Morgan fingerprint density at radius 3 is 2.71 bits per heavy atom. The van der Waals surface area contributed by atoms with E-state index >= 15 is 0 Å². The van der Waals surface area contributed by atoms with Gasteiger partial charge in [0.25, 0.3) is 0 Å². The molecule has 2 heterocycles. The van der Waals surface area contributed by atoms with Crippen molar-refractivity contribution in [3.63, 3.8) is 0 Å². The minimum atomic E-state index is -0.0305. The number of likely N-dealkylation sites (tertiary alicyclic amines) is 1. The van der Waals surface area contributed by atoms with Gasteiger partial charge in [-0.25, -0.2) is 0 Å². The highest BCUT2D eigenvalue weighted by Gasteiger charge is 2.34. The number of rotatable bonds is 5. The first-order chi connectivity index (χ1) is 13.5. The third kappa shape index (κ3) is 3.84. The third-order valence-corrected chi connectivity index (χ3v) is 5.38. The molecule has 1 atom stereocenters. The summed E-state index contributed by atoms with van der Waals surface area (Å²) in [5, 5.41) is 4.16. The van der Waals surface area contributed by atoms with Crippen LogP contribution in [0.3, 0.4) is 0 Å². The highest BCUT2D eigenvalue weighted by molar-refractivity contribution is 5.79. The van der Waals surface area contributed by atoms with Crippen LogP contribution in [0.1, 0.15) is 40.5 Å². The van der Waals surface area contributed by atoms with Crippen LogP contribution in [0, 0.1) is 20.8 Å². The maximum Gasteiger partial charge on any atom is 0.232 e. The second kappa shape index (κ2) is 7.58. The lowest BCUT2D eigenvalue weighted by atomic mass is 10.1. The van der Waals surface area contributed by atoms with Gasteiger partial charge in [0.2, 0.25) is 17.6 Å². The summed E-state index contributed by atoms with van der Waals surface area (Å²) >= 11 is 0. The fourth-order valence-corrected chi connectivity index (χ4v) is 3.86. The summed E-state index contributed by atoms with van der Waals surface area (Å²) in [5.74, 6) is 1.28. The van der Waals surface area contributed by atoms with Crippen LogP contribution in [-0.4, -0.2) is 34.0 Å². The molecule has 3 aromatic rings. The van der Waals surface area contributed by atoms with Gasteiger partial charge in [-0.3, -0.25) is 4.79 Å². The molecule has 0 saturated carbocycles. The van der Waals surface area contributed by atoms with Gasteiger partial charge in [-0.05, 0) is 38.3 Å². The Kier molecular flexibility index (Phi) is 4.99. The monoisotopic (exact) mass is 375 g/mol. The van der Waals surface area contributed by atoms with Crippen molar-refractivity contribution < 1.29 is 9.32 Å². The van der Waals surface area contributed by atoms with Crippen LogP contribution in [0.2, 0.25) is 0 Å². The van der Waals surface area contributed by atoms with E-state index in [-0.39, 0.29) is 11.8 Å². The lowest BCUT2D eigenvalue weighted by Gasteiger charge is -2.16. The van der Waals surface area contributed by atoms with Crippen molar-refractivity contribution in [1.82, 2.24) is 15.0 Å². The number of aromatic nitrogens is 2. The fraction of sp³-hybridized carbons (Fsp3) is 0.348. The second-order valence-electron chi connectivity index (χ2n) is 7.75. The first kappa shape index (κ1) is 18.4. The summed E-state index contributed by atoms with van der Waals surface area (Å²) in [6.07, 6.45) is 1.29. The molecule has 1 aromatic heterocycles. The Bertz CT molecular complexity index is 1010. The minimum absolute atomic E-state index is 0.0305. The van der Waals surface area contributed by atoms with Gasteiger partial charge < -0.3 is 9.42 Å². The summed E-state index contributed by atoms with van der Waals surface area (Å²) in [4.78, 5) is 19.0. The highest BCUT2D eigenvalue weighted by Crippen LogP contribution is 2.29. The van der Waals surface area contributed by atoms with Crippen LogP contribution < -0.4 is 0 Å². The average Bonchev–Trinajstić information content (AvgIpc) is 3.27. The predicted octanol–water partition coefficient (Wildman–Crippen LogP) is 4.22. The lowest BCUT2D eigenvalue weighted by Crippen LogP contribution is -2.27. The molecular formula is C23H25N3O2. The Hall–Kier alpha value is -2.95. The van der Waals surface area contributed by atoms with E-state index in [1.165, 1.54) is 16.7 Å². The number of carbonyl (C=O) groups excluding carboxylic acids is 1. The molecule has 1 unspecified atom stereocenters. The van der Waals surface area contributed by atoms with E-state index in [9.17, 15) is 4.79 Å². The molecule has 4 rings (SSSR count). The molecule has 0 N–H and O–H groups in total. The maximum atomic E-state index is 12.5. The standard InChI is InChI=1S/C23H25N3O2/c1-15-5-4-6-18(12-15)9-10-26-14-19(13-21(26)27)23-24-22(25-28-23)20-8-7-16(2)11-17(20)3/h4-8,11-12,19H,9-10,13-14H2,1-3H3. The summed E-state index contributed by atoms with van der Waals surface area (Å²) in [5.41, 5.74) is 5.80. The zero-order chi connectivity index (χ0) is 19.7. The Balaban J connectivity index is 1.43. The van der Waals surface area contributed by atoms with Crippen molar-refractivity contribution in [2.75, 3.05) is 13.1 Å². The zero-order valence-corrected chi connectivity index (χ0v) is 16.6. The fourth-order valence-electron chi connectivity index (χ4n) is 3.86. The molecule has 1 saturated heterocycles. The SMILES string of the molecule is Cc1cccc(CCN2CC(c3nc(-c4ccc(C)cc4C)no3)CC2=O)c1. The number of benzene rings is 2. The van der Waals surface area contributed by atoms with E-state index in [0.717, 1.165) is 24.1 Å². The topological polar surface area (TPSA) is 59.2 Å². The molecule has 1 aliphatic heterocycles. The lowest BCUT2D eigenvalue weighted by molar-refractivity contribution is -0.127. The van der Waals surface area contributed by atoms with E-state index in [0.29, 0.717) is 24.7 Å². The molecule has 0 spiro atoms. The van der Waals surface area contributed by atoms with Crippen LogP contribution in [0.15, 0.2) is 47.0 Å². The van der Waals surface area contributed by atoms with E-state index in [1.54, 1.807) is 0 Å². The van der Waals surface area contributed by atoms with Crippen LogP contribution in [-0.2, 0) is 11.2 Å². The number of aryl methyl sites for hydroxylation is 3. The van der Waals surface area contributed by atoms with E-state index in [2.05, 4.69) is 54.3 Å². The number of hydrogen-bond donors (Lipinski definition) is 0. The maximum absolute atomic E-state index is 12.5. The van der Waals surface area contributed by atoms with Gasteiger partial charge in [0.05, 0.1) is 5.92 Å². The molecule has 0 radical (unpaired) electrons. The number of amides is 1. The van der Waals surface area contributed by atoms with Crippen molar-refractivity contribution in [3.05, 3.63) is 70.6 Å². The molecule has 1 aliphatic rings. The first-order valence-corrected chi connectivity index (χ1v) is 9.74. The number of carbonyl (C=O) groups is 1. The van der Waals surface area contributed by atoms with Crippen molar-refractivity contribution in [1.29, 1.82) is 0 Å². The van der Waals surface area contributed by atoms with Crippen LogP contribution in [0.25, 0.3) is 11.4 Å². The second-order valence-corrected chi connectivity index (χ2v) is 7.75. The van der Waals surface area contributed by atoms with Crippen molar-refractivity contribution in [2.45, 2.75) is 39.5 Å². The number of nitrogens with zero attached hydrogens (tertiary/aromatic N) is 3. The van der Waals surface area contributed by atoms with E-state index in [1.807, 2.05) is 24.0 Å². The molecule has 144 valence electrons. The van der Waals surface area contributed by atoms with Crippen LogP contribution >= 0.6 is 0 Å². The smallest absolute Gasteiger partial charge is 0.232 e. The van der Waals surface area contributed by atoms with Gasteiger partial charge in [-0.2, -0.15) is 4.98 Å². The summed E-state index contributed by atoms with van der Waals surface area (Å²) < 4.78 is 5.52. The summed E-state index contributed by atoms with van der Waals surface area (Å²) in [6, 6.07) is 14.6. The van der Waals surface area contributed by atoms with E-state index in [4.69, 9.17) is 4.52 Å². The Morgan fingerprint density at radius 2 is 1.93 bits per heavy atom. The van der Waals surface area contributed by atoms with Gasteiger partial charge in [0.1, 0.15) is 0 Å². The zero-order valence-electron chi connectivity index (χ0n) is 16.6. The van der Waals surface area contributed by atoms with Crippen LogP contribution in [0.5, 0.6) is 0 Å². The van der Waals surface area contributed by atoms with Gasteiger partial charge in [0.15, 0.2) is 0 Å². The molecule has 28 heavy (non-hydrogen) atoms. The summed E-state index contributed by atoms with van der Waals surface area (Å²) in [6.45, 7) is 7.55. The quantitative estimate of drug-likeness (QED) is 0.670. The molecule has 2 aromatic carbocycles.